The molecule has 1 rings (SSSR count). The third kappa shape index (κ3) is 1.39. The lowest BCUT2D eigenvalue weighted by Gasteiger charge is -1.94. The van der Waals surface area contributed by atoms with Gasteiger partial charge in [0.05, 0.1) is 0 Å². The van der Waals surface area contributed by atoms with E-state index in [-0.39, 0.29) is 0 Å². The predicted octanol–water partition coefficient (Wildman–Crippen LogP) is 0.146. The van der Waals surface area contributed by atoms with E-state index in [1.807, 2.05) is 4.98 Å². The molecule has 0 bridgehead atoms. The Balaban J connectivity index is 3.16. The number of aromatic hydroxyl groups is 2. The molecule has 0 spiro atoms. The van der Waals surface area contributed by atoms with Crippen molar-refractivity contribution in [1.82, 2.24) is 4.98 Å². The monoisotopic (exact) mass is 181 g/mol. The first-order valence-electron chi connectivity index (χ1n) is 2.96. The average Bonchev–Trinajstić information content (AvgIpc) is 2.33. The van der Waals surface area contributed by atoms with Crippen LogP contribution in [0, 0.1) is 23.0 Å². The van der Waals surface area contributed by atoms with Crippen LogP contribution in [0.1, 0.15) is 0 Å². The van der Waals surface area contributed by atoms with E-state index in [0.717, 1.165) is 0 Å². The number of hydrogen-bond donors (Lipinski definition) is 3. The van der Waals surface area contributed by atoms with Gasteiger partial charge in [-0.15, -0.1) is 10.5 Å². The van der Waals surface area contributed by atoms with Gasteiger partial charge in [-0.05, 0) is 0 Å². The Kier molecular flexibility index (Phi) is 2.13. The molecule has 3 N–H and O–H groups in total. The van der Waals surface area contributed by atoms with E-state index in [1.54, 1.807) is 0 Å². The molecule has 0 aliphatic heterocycles. The first kappa shape index (κ1) is 8.56. The van der Waals surface area contributed by atoms with Crippen LogP contribution in [0.25, 0.3) is 0 Å². The fourth-order valence-electron chi connectivity index (χ4n) is 0.721. The summed E-state index contributed by atoms with van der Waals surface area (Å²) in [7, 11) is 0. The molecule has 7 nitrogen and oxygen atoms in total. The highest BCUT2D eigenvalue weighted by Gasteiger charge is 2.20. The van der Waals surface area contributed by atoms with Crippen LogP contribution in [0.2, 0.25) is 0 Å². The molecular formula is C6H3N3O4. The molecule has 0 aromatic carbocycles. The lowest BCUT2D eigenvalue weighted by molar-refractivity contribution is 0.391. The summed E-state index contributed by atoms with van der Waals surface area (Å²) in [6.07, 6.45) is 2.51. The summed E-state index contributed by atoms with van der Waals surface area (Å²) in [5.74, 6) is -2.04. The maximum absolute atomic E-state index is 8.99. The second-order valence-electron chi connectivity index (χ2n) is 1.87. The van der Waals surface area contributed by atoms with Gasteiger partial charge in [0.25, 0.3) is 24.0 Å². The molecule has 66 valence electrons. The van der Waals surface area contributed by atoms with Crippen molar-refractivity contribution in [1.29, 1.82) is 10.5 Å². The van der Waals surface area contributed by atoms with Crippen molar-refractivity contribution >= 4 is 0 Å². The fourth-order valence-corrected chi connectivity index (χ4v) is 0.721. The van der Waals surface area contributed by atoms with E-state index < -0.39 is 23.3 Å². The zero-order valence-electron chi connectivity index (χ0n) is 6.11. The van der Waals surface area contributed by atoms with E-state index in [0.29, 0.717) is 0 Å². The van der Waals surface area contributed by atoms with Crippen LogP contribution >= 0.6 is 0 Å². The van der Waals surface area contributed by atoms with Gasteiger partial charge in [0.2, 0.25) is 11.8 Å². The average molecular weight is 181 g/mol. The van der Waals surface area contributed by atoms with Crippen LogP contribution in [0.15, 0.2) is 0 Å². The Hall–Kier alpha value is -2.54. The molecule has 0 saturated heterocycles. The van der Waals surface area contributed by atoms with Crippen LogP contribution in [0.3, 0.4) is 0 Å². The molecule has 0 aliphatic carbocycles. The van der Waals surface area contributed by atoms with Gasteiger partial charge >= 0.3 is 0 Å². The third-order valence-electron chi connectivity index (χ3n) is 1.17. The van der Waals surface area contributed by atoms with Crippen molar-refractivity contribution < 1.29 is 19.7 Å². The smallest absolute Gasteiger partial charge is 0.292 e. The Labute approximate surface area is 72.0 Å². The lowest BCUT2D eigenvalue weighted by Crippen LogP contribution is -1.85. The minimum Gasteiger partial charge on any atom is -0.492 e. The summed E-state index contributed by atoms with van der Waals surface area (Å²) in [5, 5.41) is 34.2. The fraction of sp³-hybridized carbons (Fsp3) is 0. The molecule has 1 heterocycles. The van der Waals surface area contributed by atoms with Gasteiger partial charge < -0.3 is 19.7 Å². The van der Waals surface area contributed by atoms with Crippen LogP contribution < -0.4 is 9.47 Å². The van der Waals surface area contributed by atoms with Crippen LogP contribution in [-0.2, 0) is 0 Å². The van der Waals surface area contributed by atoms with Gasteiger partial charge in [-0.2, -0.15) is 0 Å². The largest absolute Gasteiger partial charge is 0.492 e. The maximum Gasteiger partial charge on any atom is 0.292 e. The SMILES string of the molecule is N#COc1c(O)[nH]c(O)c1OC#N. The highest BCUT2D eigenvalue weighted by Crippen LogP contribution is 2.43. The van der Waals surface area contributed by atoms with Gasteiger partial charge in [-0.25, -0.2) is 0 Å². The van der Waals surface area contributed by atoms with Crippen molar-refractivity contribution in [3.8, 4) is 35.8 Å². The standard InChI is InChI=1S/C6H3N3O4/c7-1-12-3-4(13-2-8)6(11)9-5(3)10/h9-11H. The molecule has 1 aromatic heterocycles. The summed E-state index contributed by atoms with van der Waals surface area (Å²) in [5.41, 5.74) is 0. The number of ether oxygens (including phenoxy) is 2. The number of aromatic amines is 1. The number of rotatable bonds is 2. The molecule has 1 aromatic rings. The number of H-pyrrole nitrogens is 1. The number of nitrogens with one attached hydrogen (secondary N) is 1. The van der Waals surface area contributed by atoms with Crippen molar-refractivity contribution in [3.05, 3.63) is 0 Å². The van der Waals surface area contributed by atoms with E-state index in [1.165, 1.54) is 12.5 Å². The van der Waals surface area contributed by atoms with Gasteiger partial charge in [-0.3, -0.25) is 4.98 Å². The van der Waals surface area contributed by atoms with E-state index in [4.69, 9.17) is 20.7 Å². The molecule has 0 amide bonds. The Morgan fingerprint density at radius 3 is 1.69 bits per heavy atom. The van der Waals surface area contributed by atoms with Crippen molar-refractivity contribution in [2.45, 2.75) is 0 Å². The summed E-state index contributed by atoms with van der Waals surface area (Å²) in [6, 6.07) is 0. The van der Waals surface area contributed by atoms with Gasteiger partial charge in [0, 0.05) is 0 Å². The summed E-state index contributed by atoms with van der Waals surface area (Å²) in [4.78, 5) is 2.00. The molecular weight excluding hydrogens is 178 g/mol. The summed E-state index contributed by atoms with van der Waals surface area (Å²) in [6.45, 7) is 0. The van der Waals surface area contributed by atoms with Crippen LogP contribution in [0.4, 0.5) is 0 Å². The van der Waals surface area contributed by atoms with Gasteiger partial charge in [-0.1, -0.05) is 0 Å². The second-order valence-corrected chi connectivity index (χ2v) is 1.87. The van der Waals surface area contributed by atoms with E-state index in [9.17, 15) is 0 Å². The molecule has 13 heavy (non-hydrogen) atoms. The van der Waals surface area contributed by atoms with Crippen LogP contribution in [0.5, 0.6) is 23.3 Å². The summed E-state index contributed by atoms with van der Waals surface area (Å²) < 4.78 is 8.46. The lowest BCUT2D eigenvalue weighted by atomic mass is 10.5. The quantitative estimate of drug-likeness (QED) is 0.558. The Morgan fingerprint density at radius 2 is 1.38 bits per heavy atom. The van der Waals surface area contributed by atoms with Crippen molar-refractivity contribution in [2.24, 2.45) is 0 Å². The van der Waals surface area contributed by atoms with Crippen LogP contribution in [-0.4, -0.2) is 15.2 Å². The molecule has 0 radical (unpaired) electrons. The van der Waals surface area contributed by atoms with Crippen molar-refractivity contribution in [3.63, 3.8) is 0 Å². The topological polar surface area (TPSA) is 122 Å². The molecule has 0 fully saturated rings. The van der Waals surface area contributed by atoms with Crippen molar-refractivity contribution in [2.75, 3.05) is 0 Å². The van der Waals surface area contributed by atoms with Gasteiger partial charge in [0.15, 0.2) is 0 Å². The van der Waals surface area contributed by atoms with Gasteiger partial charge in [0.1, 0.15) is 0 Å². The minimum atomic E-state index is -0.593. The number of aromatic nitrogens is 1. The highest BCUT2D eigenvalue weighted by atomic mass is 16.5. The number of nitrogens with zero attached hydrogens (tertiary/aromatic N) is 2. The normalized spacial score (nSPS) is 8.46. The predicted molar refractivity (Wildman–Crippen MR) is 36.6 cm³/mol. The Bertz CT molecular complexity index is 361. The minimum absolute atomic E-state index is 0.429. The highest BCUT2D eigenvalue weighted by molar-refractivity contribution is 5.55. The number of hydrogen-bond acceptors (Lipinski definition) is 6. The zero-order valence-corrected chi connectivity index (χ0v) is 6.11. The van der Waals surface area contributed by atoms with E-state index in [2.05, 4.69) is 9.47 Å². The first-order valence-corrected chi connectivity index (χ1v) is 2.96. The maximum atomic E-state index is 8.99. The molecule has 0 atom stereocenters. The Morgan fingerprint density at radius 1 is 1.00 bits per heavy atom. The molecule has 0 aliphatic rings. The number of nitriles is 2. The first-order chi connectivity index (χ1) is 6.20. The molecule has 0 unspecified atom stereocenters. The third-order valence-corrected chi connectivity index (χ3v) is 1.17. The second kappa shape index (κ2) is 3.24. The zero-order chi connectivity index (χ0) is 9.84. The molecule has 0 saturated carbocycles. The molecule has 7 heteroatoms. The summed E-state index contributed by atoms with van der Waals surface area (Å²) >= 11 is 0. The van der Waals surface area contributed by atoms with E-state index >= 15 is 0 Å².